The molecule has 2 aromatic carbocycles. The molecule has 2 amide bonds. The van der Waals surface area contributed by atoms with Gasteiger partial charge in [-0.1, -0.05) is 11.2 Å². The maximum Gasteiger partial charge on any atom is 0.322 e. The summed E-state index contributed by atoms with van der Waals surface area (Å²) in [6.45, 7) is 4.20. The standard InChI is InChI=1S/C23H24N4O5/c1-5-27-13(2)19(20(24-23(27)29)15-8-11-18(31-4)17(28)12-15)22-25-21(26-32-22)14-6-9-16(30-3)10-7-14/h6-12,20,28H,5H2,1-4H3,(H,24,29). The summed E-state index contributed by atoms with van der Waals surface area (Å²) in [4.78, 5) is 18.9. The fourth-order valence-corrected chi connectivity index (χ4v) is 3.77. The average molecular weight is 436 g/mol. The summed E-state index contributed by atoms with van der Waals surface area (Å²) in [7, 11) is 3.08. The lowest BCUT2D eigenvalue weighted by atomic mass is 9.94. The molecule has 3 aromatic rings. The number of hydrogen-bond donors (Lipinski definition) is 2. The van der Waals surface area contributed by atoms with Gasteiger partial charge in [0.25, 0.3) is 5.89 Å². The Morgan fingerprint density at radius 3 is 2.53 bits per heavy atom. The molecule has 0 aliphatic carbocycles. The van der Waals surface area contributed by atoms with Crippen LogP contribution >= 0.6 is 0 Å². The van der Waals surface area contributed by atoms with E-state index in [2.05, 4.69) is 15.5 Å². The van der Waals surface area contributed by atoms with Gasteiger partial charge in [0.05, 0.1) is 25.8 Å². The van der Waals surface area contributed by atoms with E-state index in [4.69, 9.17) is 14.0 Å². The zero-order chi connectivity index (χ0) is 22.8. The van der Waals surface area contributed by atoms with Crippen molar-refractivity contribution in [2.45, 2.75) is 19.9 Å². The summed E-state index contributed by atoms with van der Waals surface area (Å²) in [5.74, 6) is 1.74. The van der Waals surface area contributed by atoms with Gasteiger partial charge in [0.1, 0.15) is 5.75 Å². The van der Waals surface area contributed by atoms with Crippen molar-refractivity contribution >= 4 is 11.6 Å². The number of phenolic OH excluding ortho intramolecular Hbond substituents is 1. The molecule has 0 radical (unpaired) electrons. The van der Waals surface area contributed by atoms with Crippen LogP contribution in [-0.4, -0.2) is 46.9 Å². The van der Waals surface area contributed by atoms with Crippen LogP contribution in [0.4, 0.5) is 4.79 Å². The molecule has 2 N–H and O–H groups in total. The minimum absolute atomic E-state index is 0.0291. The predicted molar refractivity (Wildman–Crippen MR) is 117 cm³/mol. The lowest BCUT2D eigenvalue weighted by Crippen LogP contribution is -2.45. The van der Waals surface area contributed by atoms with Crippen LogP contribution in [0.5, 0.6) is 17.2 Å². The average Bonchev–Trinajstić information content (AvgIpc) is 3.28. The number of methoxy groups -OCH3 is 2. The molecule has 166 valence electrons. The van der Waals surface area contributed by atoms with Crippen molar-refractivity contribution in [3.63, 3.8) is 0 Å². The van der Waals surface area contributed by atoms with Crippen LogP contribution in [0.15, 0.2) is 52.7 Å². The summed E-state index contributed by atoms with van der Waals surface area (Å²) < 4.78 is 16.0. The molecule has 0 saturated carbocycles. The van der Waals surface area contributed by atoms with E-state index in [-0.39, 0.29) is 17.7 Å². The Hall–Kier alpha value is -4.01. The molecule has 0 saturated heterocycles. The van der Waals surface area contributed by atoms with Gasteiger partial charge in [0.15, 0.2) is 11.5 Å². The number of nitrogens with one attached hydrogen (secondary N) is 1. The van der Waals surface area contributed by atoms with Crippen molar-refractivity contribution in [2.75, 3.05) is 20.8 Å². The van der Waals surface area contributed by atoms with Crippen molar-refractivity contribution in [2.24, 2.45) is 0 Å². The summed E-state index contributed by atoms with van der Waals surface area (Å²) in [5.41, 5.74) is 2.78. The van der Waals surface area contributed by atoms with Crippen LogP contribution in [0.3, 0.4) is 0 Å². The van der Waals surface area contributed by atoms with Crippen molar-refractivity contribution in [3.8, 4) is 28.6 Å². The SMILES string of the molecule is CCN1C(=O)NC(c2ccc(OC)c(O)c2)C(c2nc(-c3ccc(OC)cc3)no2)=C1C. The number of phenols is 1. The third-order valence-electron chi connectivity index (χ3n) is 5.45. The molecular formula is C23H24N4O5. The highest BCUT2D eigenvalue weighted by Crippen LogP contribution is 2.39. The van der Waals surface area contributed by atoms with Gasteiger partial charge in [-0.15, -0.1) is 0 Å². The number of ether oxygens (including phenoxy) is 2. The molecule has 9 heteroatoms. The monoisotopic (exact) mass is 436 g/mol. The van der Waals surface area contributed by atoms with Crippen molar-refractivity contribution in [1.82, 2.24) is 20.4 Å². The van der Waals surface area contributed by atoms with Crippen LogP contribution in [0.1, 0.15) is 31.3 Å². The Balaban J connectivity index is 1.79. The maximum absolute atomic E-state index is 12.7. The Kier molecular flexibility index (Phi) is 5.72. The van der Waals surface area contributed by atoms with Gasteiger partial charge in [0, 0.05) is 17.8 Å². The van der Waals surface area contributed by atoms with E-state index in [1.54, 1.807) is 30.2 Å². The summed E-state index contributed by atoms with van der Waals surface area (Å²) in [6, 6.07) is 11.5. The smallest absolute Gasteiger partial charge is 0.322 e. The van der Waals surface area contributed by atoms with Crippen molar-refractivity contribution < 1.29 is 23.9 Å². The highest BCUT2D eigenvalue weighted by Gasteiger charge is 2.35. The molecule has 32 heavy (non-hydrogen) atoms. The number of rotatable bonds is 6. The maximum atomic E-state index is 12.7. The predicted octanol–water partition coefficient (Wildman–Crippen LogP) is 3.98. The highest BCUT2D eigenvalue weighted by atomic mass is 16.5. The number of allylic oxidation sites excluding steroid dienone is 1. The minimum Gasteiger partial charge on any atom is -0.504 e. The molecule has 1 unspecified atom stereocenters. The van der Waals surface area contributed by atoms with Gasteiger partial charge in [-0.3, -0.25) is 4.90 Å². The van der Waals surface area contributed by atoms with E-state index in [1.165, 1.54) is 7.11 Å². The number of aromatic hydroxyl groups is 1. The van der Waals surface area contributed by atoms with Crippen molar-refractivity contribution in [3.05, 3.63) is 59.6 Å². The first-order chi connectivity index (χ1) is 15.5. The molecule has 0 fully saturated rings. The largest absolute Gasteiger partial charge is 0.504 e. The number of aromatic nitrogens is 2. The van der Waals surface area contributed by atoms with Crippen LogP contribution in [0.25, 0.3) is 17.0 Å². The molecule has 2 heterocycles. The normalized spacial score (nSPS) is 16.2. The minimum atomic E-state index is -0.591. The van der Waals surface area contributed by atoms with E-state index in [9.17, 15) is 9.90 Å². The number of carbonyl (C=O) groups is 1. The first-order valence-electron chi connectivity index (χ1n) is 10.1. The van der Waals surface area contributed by atoms with Gasteiger partial charge in [0.2, 0.25) is 5.82 Å². The fraction of sp³-hybridized carbons (Fsp3) is 0.261. The van der Waals surface area contributed by atoms with Crippen molar-refractivity contribution in [1.29, 1.82) is 0 Å². The Labute approximate surface area is 185 Å². The van der Waals surface area contributed by atoms with Gasteiger partial charge < -0.3 is 24.4 Å². The third-order valence-corrected chi connectivity index (χ3v) is 5.45. The second-order valence-corrected chi connectivity index (χ2v) is 7.21. The first-order valence-corrected chi connectivity index (χ1v) is 10.1. The lowest BCUT2D eigenvalue weighted by Gasteiger charge is -2.34. The molecule has 1 aliphatic heterocycles. The molecule has 0 spiro atoms. The van der Waals surface area contributed by atoms with Gasteiger partial charge in [-0.2, -0.15) is 4.98 Å². The van der Waals surface area contributed by atoms with Crippen LogP contribution in [-0.2, 0) is 0 Å². The molecule has 1 aliphatic rings. The molecule has 1 atom stereocenters. The van der Waals surface area contributed by atoms with E-state index in [1.807, 2.05) is 38.1 Å². The van der Waals surface area contributed by atoms with Gasteiger partial charge in [-0.05, 0) is 55.8 Å². The Morgan fingerprint density at radius 2 is 1.91 bits per heavy atom. The highest BCUT2D eigenvalue weighted by molar-refractivity contribution is 5.87. The lowest BCUT2D eigenvalue weighted by molar-refractivity contribution is 0.207. The van der Waals surface area contributed by atoms with E-state index in [0.717, 1.165) is 11.3 Å². The zero-order valence-electron chi connectivity index (χ0n) is 18.2. The number of urea groups is 1. The second kappa shape index (κ2) is 8.62. The van der Waals surface area contributed by atoms with E-state index in [0.29, 0.717) is 35.0 Å². The Morgan fingerprint density at radius 1 is 1.16 bits per heavy atom. The zero-order valence-corrected chi connectivity index (χ0v) is 18.2. The number of hydrogen-bond acceptors (Lipinski definition) is 7. The molecule has 4 rings (SSSR count). The first kappa shape index (κ1) is 21.2. The molecule has 1 aromatic heterocycles. The van der Waals surface area contributed by atoms with Gasteiger partial charge >= 0.3 is 6.03 Å². The quantitative estimate of drug-likeness (QED) is 0.601. The van der Waals surface area contributed by atoms with Gasteiger partial charge in [-0.25, -0.2) is 4.79 Å². The molecule has 9 nitrogen and oxygen atoms in total. The third kappa shape index (κ3) is 3.73. The number of benzene rings is 2. The topological polar surface area (TPSA) is 110 Å². The van der Waals surface area contributed by atoms with E-state index >= 15 is 0 Å². The second-order valence-electron chi connectivity index (χ2n) is 7.21. The molecular weight excluding hydrogens is 412 g/mol. The Bertz CT molecular complexity index is 1170. The summed E-state index contributed by atoms with van der Waals surface area (Å²) in [6.07, 6.45) is 0. The fourth-order valence-electron chi connectivity index (χ4n) is 3.77. The van der Waals surface area contributed by atoms with Crippen LogP contribution in [0.2, 0.25) is 0 Å². The molecule has 0 bridgehead atoms. The number of amides is 2. The number of nitrogens with zero attached hydrogens (tertiary/aromatic N) is 3. The number of carbonyl (C=O) groups excluding carboxylic acids is 1. The summed E-state index contributed by atoms with van der Waals surface area (Å²) >= 11 is 0. The summed E-state index contributed by atoms with van der Waals surface area (Å²) in [5, 5.41) is 17.4. The van der Waals surface area contributed by atoms with Crippen LogP contribution in [0, 0.1) is 0 Å². The van der Waals surface area contributed by atoms with E-state index < -0.39 is 6.04 Å². The van der Waals surface area contributed by atoms with Crippen LogP contribution < -0.4 is 14.8 Å².